The highest BCUT2D eigenvalue weighted by atomic mass is 19.1. The van der Waals surface area contributed by atoms with Crippen LogP contribution in [-0.2, 0) is 11.3 Å². The van der Waals surface area contributed by atoms with Crippen LogP contribution >= 0.6 is 0 Å². The first-order valence-electron chi connectivity index (χ1n) is 8.67. The fraction of sp³-hybridized carbons (Fsp3) is 0.250. The average molecular weight is 385 g/mol. The molecule has 3 rings (SSSR count). The summed E-state index contributed by atoms with van der Waals surface area (Å²) in [4.78, 5) is 26.9. The van der Waals surface area contributed by atoms with Crippen molar-refractivity contribution in [1.82, 2.24) is 14.7 Å². The molecule has 0 N–H and O–H groups in total. The van der Waals surface area contributed by atoms with Crippen LogP contribution in [0.1, 0.15) is 21.9 Å². The molecule has 2 aromatic heterocycles. The molecule has 7 nitrogen and oxygen atoms in total. The second kappa shape index (κ2) is 8.62. The first-order valence-corrected chi connectivity index (χ1v) is 8.67. The highest BCUT2D eigenvalue weighted by Crippen LogP contribution is 2.14. The van der Waals surface area contributed by atoms with Gasteiger partial charge in [0.25, 0.3) is 5.91 Å². The minimum absolute atomic E-state index is 0.156. The van der Waals surface area contributed by atoms with Crippen LogP contribution in [0.25, 0.3) is 5.69 Å². The van der Waals surface area contributed by atoms with Crippen LogP contribution < -0.4 is 5.43 Å². The van der Waals surface area contributed by atoms with Gasteiger partial charge in [0.05, 0.1) is 19.4 Å². The Balaban J connectivity index is 2.00. The Bertz CT molecular complexity index is 1010. The maximum Gasteiger partial charge on any atom is 0.278 e. The van der Waals surface area contributed by atoms with Crippen LogP contribution in [0.15, 0.2) is 57.9 Å². The molecule has 146 valence electrons. The highest BCUT2D eigenvalue weighted by Gasteiger charge is 2.23. The number of carbonyl (C=O) groups excluding carboxylic acids is 1. The maximum absolute atomic E-state index is 14.2. The van der Waals surface area contributed by atoms with Crippen molar-refractivity contribution in [2.45, 2.75) is 13.5 Å². The first-order chi connectivity index (χ1) is 13.5. The lowest BCUT2D eigenvalue weighted by molar-refractivity contribution is 0.0657. The number of hydrogen-bond acceptors (Lipinski definition) is 5. The molecule has 1 aromatic carbocycles. The topological polar surface area (TPSA) is 77.6 Å². The van der Waals surface area contributed by atoms with Crippen LogP contribution in [0.5, 0.6) is 0 Å². The van der Waals surface area contributed by atoms with Crippen molar-refractivity contribution in [3.8, 4) is 5.69 Å². The van der Waals surface area contributed by atoms with Gasteiger partial charge in [0, 0.05) is 25.4 Å². The summed E-state index contributed by atoms with van der Waals surface area (Å²) in [6, 6.07) is 10.7. The molecule has 0 saturated carbocycles. The quantitative estimate of drug-likeness (QED) is 0.625. The smallest absolute Gasteiger partial charge is 0.278 e. The third-order valence-corrected chi connectivity index (χ3v) is 4.17. The number of furan rings is 1. The predicted octanol–water partition coefficient (Wildman–Crippen LogP) is 2.56. The molecule has 1 amide bonds. The summed E-state index contributed by atoms with van der Waals surface area (Å²) in [6.07, 6.45) is 1.50. The van der Waals surface area contributed by atoms with Crippen molar-refractivity contribution >= 4 is 5.91 Å². The van der Waals surface area contributed by atoms with Crippen LogP contribution in [0.2, 0.25) is 0 Å². The number of amides is 1. The molecule has 0 radical (unpaired) electrons. The zero-order valence-corrected chi connectivity index (χ0v) is 15.6. The largest absolute Gasteiger partial charge is 0.467 e. The number of benzene rings is 1. The van der Waals surface area contributed by atoms with Gasteiger partial charge in [0.2, 0.25) is 5.43 Å². The van der Waals surface area contributed by atoms with Gasteiger partial charge < -0.3 is 14.1 Å². The Labute approximate surface area is 161 Å². The Morgan fingerprint density at radius 1 is 1.29 bits per heavy atom. The number of methoxy groups -OCH3 is 1. The zero-order chi connectivity index (χ0) is 20.1. The van der Waals surface area contributed by atoms with Crippen LogP contribution in [0.4, 0.5) is 4.39 Å². The number of para-hydroxylation sites is 1. The monoisotopic (exact) mass is 385 g/mol. The molecule has 0 fully saturated rings. The summed E-state index contributed by atoms with van der Waals surface area (Å²) in [5.74, 6) is -0.526. The lowest BCUT2D eigenvalue weighted by Gasteiger charge is -2.21. The standard InChI is InChI=1S/C20H20FN3O4/c1-14-12-18(25)19(22-24(14)17-8-4-3-7-16(17)21)20(26)23(9-11-27-2)13-15-6-5-10-28-15/h3-8,10,12H,9,11,13H2,1-2H3. The first kappa shape index (κ1) is 19.5. The predicted molar refractivity (Wildman–Crippen MR) is 99.9 cm³/mol. The van der Waals surface area contributed by atoms with E-state index in [2.05, 4.69) is 5.10 Å². The van der Waals surface area contributed by atoms with E-state index in [4.69, 9.17) is 9.15 Å². The number of hydrogen-bond donors (Lipinski definition) is 0. The van der Waals surface area contributed by atoms with Crippen molar-refractivity contribution in [3.63, 3.8) is 0 Å². The van der Waals surface area contributed by atoms with Gasteiger partial charge in [-0.05, 0) is 31.2 Å². The van der Waals surface area contributed by atoms with Gasteiger partial charge in [-0.25, -0.2) is 9.07 Å². The van der Waals surface area contributed by atoms with Crippen molar-refractivity contribution in [3.05, 3.63) is 81.9 Å². The van der Waals surface area contributed by atoms with E-state index >= 15 is 0 Å². The molecule has 0 aliphatic heterocycles. The molecular formula is C20H20FN3O4. The number of carbonyl (C=O) groups is 1. The SMILES string of the molecule is COCCN(Cc1ccco1)C(=O)c1nn(-c2ccccc2F)c(C)cc1=O. The normalized spacial score (nSPS) is 10.8. The van der Waals surface area contributed by atoms with Gasteiger partial charge in [0.15, 0.2) is 5.69 Å². The van der Waals surface area contributed by atoms with Crippen molar-refractivity contribution in [2.24, 2.45) is 0 Å². The Hall–Kier alpha value is -3.26. The van der Waals surface area contributed by atoms with Crippen molar-refractivity contribution in [2.75, 3.05) is 20.3 Å². The van der Waals surface area contributed by atoms with E-state index in [-0.39, 0.29) is 31.1 Å². The second-order valence-electron chi connectivity index (χ2n) is 6.16. The number of ether oxygens (including phenoxy) is 1. The van der Waals surface area contributed by atoms with Crippen molar-refractivity contribution < 1.29 is 18.3 Å². The molecule has 0 spiro atoms. The van der Waals surface area contributed by atoms with Gasteiger partial charge in [-0.3, -0.25) is 9.59 Å². The molecule has 0 bridgehead atoms. The van der Waals surface area contributed by atoms with Crippen LogP contribution in [-0.4, -0.2) is 40.8 Å². The lowest BCUT2D eigenvalue weighted by Crippen LogP contribution is -2.37. The van der Waals surface area contributed by atoms with Crippen LogP contribution in [0.3, 0.4) is 0 Å². The minimum atomic E-state index is -0.580. The molecule has 0 atom stereocenters. The summed E-state index contributed by atoms with van der Waals surface area (Å²) < 4.78 is 25.8. The number of aryl methyl sites for hydroxylation is 1. The molecule has 0 aliphatic rings. The highest BCUT2D eigenvalue weighted by molar-refractivity contribution is 5.92. The fourth-order valence-electron chi connectivity index (χ4n) is 2.76. The van der Waals surface area contributed by atoms with Gasteiger partial charge >= 0.3 is 0 Å². The average Bonchev–Trinajstić information content (AvgIpc) is 3.19. The van der Waals surface area contributed by atoms with Crippen LogP contribution in [0, 0.1) is 12.7 Å². The molecule has 8 heteroatoms. The Kier molecular flexibility index (Phi) is 6.00. The zero-order valence-electron chi connectivity index (χ0n) is 15.6. The Morgan fingerprint density at radius 3 is 2.75 bits per heavy atom. The van der Waals surface area contributed by atoms with E-state index in [0.29, 0.717) is 11.5 Å². The molecule has 2 heterocycles. The lowest BCUT2D eigenvalue weighted by atomic mass is 10.2. The summed E-state index contributed by atoms with van der Waals surface area (Å²) in [5.41, 5.74) is -0.252. The molecule has 3 aromatic rings. The number of halogens is 1. The van der Waals surface area contributed by atoms with Gasteiger partial charge in [0.1, 0.15) is 17.3 Å². The molecule has 28 heavy (non-hydrogen) atoms. The van der Waals surface area contributed by atoms with Gasteiger partial charge in [-0.15, -0.1) is 0 Å². The third kappa shape index (κ3) is 4.17. The van der Waals surface area contributed by atoms with E-state index in [1.54, 1.807) is 31.2 Å². The number of aromatic nitrogens is 2. The Morgan fingerprint density at radius 2 is 2.07 bits per heavy atom. The minimum Gasteiger partial charge on any atom is -0.467 e. The number of nitrogens with zero attached hydrogens (tertiary/aromatic N) is 3. The maximum atomic E-state index is 14.2. The summed E-state index contributed by atoms with van der Waals surface area (Å²) in [5, 5.41) is 4.16. The second-order valence-corrected chi connectivity index (χ2v) is 6.16. The molecular weight excluding hydrogens is 365 g/mol. The van der Waals surface area contributed by atoms with Gasteiger partial charge in [-0.2, -0.15) is 5.10 Å². The number of rotatable bonds is 7. The van der Waals surface area contributed by atoms with E-state index in [9.17, 15) is 14.0 Å². The fourth-order valence-corrected chi connectivity index (χ4v) is 2.76. The summed E-state index contributed by atoms with van der Waals surface area (Å²) in [7, 11) is 1.52. The van der Waals surface area contributed by atoms with E-state index in [0.717, 1.165) is 0 Å². The third-order valence-electron chi connectivity index (χ3n) is 4.17. The van der Waals surface area contributed by atoms with E-state index in [1.807, 2.05) is 0 Å². The summed E-state index contributed by atoms with van der Waals surface area (Å²) >= 11 is 0. The molecule has 0 saturated heterocycles. The van der Waals surface area contributed by atoms with Crippen molar-refractivity contribution in [1.29, 1.82) is 0 Å². The van der Waals surface area contributed by atoms with E-state index in [1.165, 1.54) is 41.2 Å². The summed E-state index contributed by atoms with van der Waals surface area (Å²) in [6.45, 7) is 2.30. The molecule has 0 aliphatic carbocycles. The molecule has 0 unspecified atom stereocenters. The van der Waals surface area contributed by atoms with Gasteiger partial charge in [-0.1, -0.05) is 12.1 Å². The van der Waals surface area contributed by atoms with E-state index < -0.39 is 17.2 Å².